The van der Waals surface area contributed by atoms with Crippen molar-refractivity contribution in [3.8, 4) is 0 Å². The van der Waals surface area contributed by atoms with Crippen molar-refractivity contribution >= 4 is 29.9 Å². The van der Waals surface area contributed by atoms with E-state index in [9.17, 15) is 0 Å². The van der Waals surface area contributed by atoms with Crippen molar-refractivity contribution in [3.05, 3.63) is 59.4 Å². The molecule has 1 aromatic carbocycles. The molecule has 24 heavy (non-hydrogen) atoms. The molecule has 2 N–H and O–H groups in total. The van der Waals surface area contributed by atoms with Gasteiger partial charge >= 0.3 is 0 Å². The second-order valence-corrected chi connectivity index (χ2v) is 5.97. The zero-order chi connectivity index (χ0) is 16.5. The van der Waals surface area contributed by atoms with Crippen LogP contribution in [0.1, 0.15) is 36.5 Å². The van der Waals surface area contributed by atoms with Gasteiger partial charge in [0.25, 0.3) is 0 Å². The molecule has 4 nitrogen and oxygen atoms in total. The van der Waals surface area contributed by atoms with Gasteiger partial charge < -0.3 is 15.2 Å². The highest BCUT2D eigenvalue weighted by Gasteiger charge is 2.00. The van der Waals surface area contributed by atoms with Crippen molar-refractivity contribution in [2.45, 2.75) is 39.8 Å². The third-order valence-electron chi connectivity index (χ3n) is 3.72. The van der Waals surface area contributed by atoms with Crippen molar-refractivity contribution in [2.24, 2.45) is 12.0 Å². The fourth-order valence-electron chi connectivity index (χ4n) is 2.27. The summed E-state index contributed by atoms with van der Waals surface area (Å²) >= 11 is 0. The molecule has 0 bridgehead atoms. The monoisotopic (exact) mass is 440 g/mol. The van der Waals surface area contributed by atoms with E-state index >= 15 is 0 Å². The fourth-order valence-corrected chi connectivity index (χ4v) is 2.27. The maximum absolute atomic E-state index is 4.69. The summed E-state index contributed by atoms with van der Waals surface area (Å²) in [5.74, 6) is 0.878. The molecule has 0 unspecified atom stereocenters. The predicted octanol–water partition coefficient (Wildman–Crippen LogP) is 3.99. The summed E-state index contributed by atoms with van der Waals surface area (Å²) in [5, 5.41) is 6.83. The number of nitrogens with zero attached hydrogens (tertiary/aromatic N) is 2. The van der Waals surface area contributed by atoms with E-state index in [0.29, 0.717) is 6.54 Å². The molecule has 0 aliphatic heterocycles. The summed E-state index contributed by atoms with van der Waals surface area (Å²) < 4.78 is 2.05. The standard InChI is InChI=1S/C19H28N4.HI/c1-4-5-11-20-19(22-14-18-10-12-23(3)15-18)21-13-17-8-6-16(2)7-9-17;/h6-10,12,15H,4-5,11,13-14H2,1-3H3,(H2,20,21,22);1H. The largest absolute Gasteiger partial charge is 0.357 e. The number of hydrogen-bond donors (Lipinski definition) is 2. The van der Waals surface area contributed by atoms with Crippen molar-refractivity contribution in [1.82, 2.24) is 15.2 Å². The van der Waals surface area contributed by atoms with Crippen LogP contribution in [-0.2, 0) is 20.1 Å². The zero-order valence-electron chi connectivity index (χ0n) is 14.9. The molecule has 1 aromatic heterocycles. The van der Waals surface area contributed by atoms with E-state index in [1.165, 1.54) is 23.1 Å². The lowest BCUT2D eigenvalue weighted by atomic mass is 10.1. The number of aliphatic imine (C=N–C) groups is 1. The highest BCUT2D eigenvalue weighted by Crippen LogP contribution is 2.03. The summed E-state index contributed by atoms with van der Waals surface area (Å²) in [4.78, 5) is 4.69. The third kappa shape index (κ3) is 7.38. The second kappa shape index (κ2) is 11.1. The average Bonchev–Trinajstić information content (AvgIpc) is 2.96. The van der Waals surface area contributed by atoms with Crippen LogP contribution >= 0.6 is 24.0 Å². The Morgan fingerprint density at radius 3 is 2.46 bits per heavy atom. The minimum Gasteiger partial charge on any atom is -0.357 e. The van der Waals surface area contributed by atoms with Crippen molar-refractivity contribution < 1.29 is 0 Å². The molecule has 0 atom stereocenters. The predicted molar refractivity (Wildman–Crippen MR) is 113 cm³/mol. The number of aryl methyl sites for hydroxylation is 2. The molecule has 0 aliphatic carbocycles. The van der Waals surface area contributed by atoms with Gasteiger partial charge in [-0.15, -0.1) is 24.0 Å². The van der Waals surface area contributed by atoms with E-state index in [-0.39, 0.29) is 24.0 Å². The molecule has 0 saturated carbocycles. The molecular weight excluding hydrogens is 411 g/mol. The summed E-state index contributed by atoms with van der Waals surface area (Å²) in [6.45, 7) is 6.73. The molecule has 0 radical (unpaired) electrons. The van der Waals surface area contributed by atoms with Gasteiger partial charge in [-0.05, 0) is 30.5 Å². The van der Waals surface area contributed by atoms with Crippen molar-refractivity contribution in [2.75, 3.05) is 6.54 Å². The lowest BCUT2D eigenvalue weighted by molar-refractivity contribution is 0.724. The Bertz CT molecular complexity index is 617. The van der Waals surface area contributed by atoms with Crippen LogP contribution in [0, 0.1) is 6.92 Å². The number of rotatable bonds is 7. The van der Waals surface area contributed by atoms with Crippen molar-refractivity contribution in [3.63, 3.8) is 0 Å². The first kappa shape index (κ1) is 20.5. The van der Waals surface area contributed by atoms with Gasteiger partial charge in [-0.25, -0.2) is 4.99 Å². The first-order valence-corrected chi connectivity index (χ1v) is 8.36. The molecule has 5 heteroatoms. The van der Waals surface area contributed by atoms with Crippen LogP contribution < -0.4 is 10.6 Å². The lowest BCUT2D eigenvalue weighted by Gasteiger charge is -2.12. The Morgan fingerprint density at radius 2 is 1.83 bits per heavy atom. The van der Waals surface area contributed by atoms with Crippen LogP contribution in [0.25, 0.3) is 0 Å². The molecule has 1 heterocycles. The van der Waals surface area contributed by atoms with Gasteiger partial charge in [-0.1, -0.05) is 43.2 Å². The Balaban J connectivity index is 0.00000288. The van der Waals surface area contributed by atoms with E-state index in [1.54, 1.807) is 0 Å². The van der Waals surface area contributed by atoms with Crippen LogP contribution in [-0.4, -0.2) is 17.1 Å². The highest BCUT2D eigenvalue weighted by atomic mass is 127. The van der Waals surface area contributed by atoms with E-state index in [1.807, 2.05) is 7.05 Å². The smallest absolute Gasteiger partial charge is 0.191 e. The topological polar surface area (TPSA) is 41.4 Å². The van der Waals surface area contributed by atoms with Gasteiger partial charge in [0.15, 0.2) is 5.96 Å². The van der Waals surface area contributed by atoms with Gasteiger partial charge in [-0.3, -0.25) is 0 Å². The number of benzene rings is 1. The molecular formula is C19H29IN4. The SMILES string of the molecule is CCCCNC(=NCc1ccn(C)c1)NCc1ccc(C)cc1.I. The number of aromatic nitrogens is 1. The van der Waals surface area contributed by atoms with Gasteiger partial charge in [0.05, 0.1) is 6.54 Å². The lowest BCUT2D eigenvalue weighted by Crippen LogP contribution is -2.37. The van der Waals surface area contributed by atoms with Crippen LogP contribution in [0.2, 0.25) is 0 Å². The molecule has 0 fully saturated rings. The summed E-state index contributed by atoms with van der Waals surface area (Å²) in [6.07, 6.45) is 6.48. The summed E-state index contributed by atoms with van der Waals surface area (Å²) in [7, 11) is 2.03. The van der Waals surface area contributed by atoms with E-state index in [0.717, 1.165) is 25.5 Å². The fraction of sp³-hybridized carbons (Fsp3) is 0.421. The van der Waals surface area contributed by atoms with E-state index in [4.69, 9.17) is 4.99 Å². The van der Waals surface area contributed by atoms with Gasteiger partial charge in [0.2, 0.25) is 0 Å². The Morgan fingerprint density at radius 1 is 1.08 bits per heavy atom. The molecule has 2 rings (SSSR count). The summed E-state index contributed by atoms with van der Waals surface area (Å²) in [6, 6.07) is 10.7. The molecule has 0 saturated heterocycles. The number of hydrogen-bond acceptors (Lipinski definition) is 1. The average molecular weight is 440 g/mol. The van der Waals surface area contributed by atoms with Crippen LogP contribution in [0.4, 0.5) is 0 Å². The first-order valence-electron chi connectivity index (χ1n) is 8.36. The molecule has 132 valence electrons. The number of guanidine groups is 1. The molecule has 0 aliphatic rings. The van der Waals surface area contributed by atoms with Gasteiger partial charge in [0.1, 0.15) is 0 Å². The van der Waals surface area contributed by atoms with Crippen LogP contribution in [0.15, 0.2) is 47.7 Å². The Hall–Kier alpha value is -1.50. The molecule has 0 spiro atoms. The normalized spacial score (nSPS) is 11.0. The van der Waals surface area contributed by atoms with Crippen LogP contribution in [0.5, 0.6) is 0 Å². The minimum atomic E-state index is 0. The maximum atomic E-state index is 4.69. The van der Waals surface area contributed by atoms with Gasteiger partial charge in [0, 0.05) is 32.5 Å². The van der Waals surface area contributed by atoms with E-state index in [2.05, 4.69) is 71.8 Å². The maximum Gasteiger partial charge on any atom is 0.191 e. The Kier molecular flexibility index (Phi) is 9.52. The second-order valence-electron chi connectivity index (χ2n) is 5.97. The molecule has 2 aromatic rings. The highest BCUT2D eigenvalue weighted by molar-refractivity contribution is 14.0. The zero-order valence-corrected chi connectivity index (χ0v) is 17.2. The number of nitrogens with one attached hydrogen (secondary N) is 2. The first-order chi connectivity index (χ1) is 11.2. The minimum absolute atomic E-state index is 0. The number of unbranched alkanes of at least 4 members (excludes halogenated alkanes) is 1. The summed E-state index contributed by atoms with van der Waals surface area (Å²) in [5.41, 5.74) is 3.77. The molecule has 0 amide bonds. The number of halogens is 1. The van der Waals surface area contributed by atoms with Gasteiger partial charge in [-0.2, -0.15) is 0 Å². The quantitative estimate of drug-likeness (QED) is 0.296. The Labute approximate surface area is 162 Å². The van der Waals surface area contributed by atoms with E-state index < -0.39 is 0 Å². The van der Waals surface area contributed by atoms with Crippen molar-refractivity contribution in [1.29, 1.82) is 0 Å². The van der Waals surface area contributed by atoms with Crippen LogP contribution in [0.3, 0.4) is 0 Å². The third-order valence-corrected chi connectivity index (χ3v) is 3.72.